The van der Waals surface area contributed by atoms with Gasteiger partial charge in [-0.15, -0.1) is 0 Å². The van der Waals surface area contributed by atoms with Crippen LogP contribution in [0.15, 0.2) is 53.6 Å². The van der Waals surface area contributed by atoms with Gasteiger partial charge >= 0.3 is 0 Å². The Morgan fingerprint density at radius 3 is 2.83 bits per heavy atom. The number of hydrogen-bond acceptors (Lipinski definition) is 2. The second kappa shape index (κ2) is 5.75. The maximum Gasteiger partial charge on any atom is 0.165 e. The Balaban J connectivity index is 1.85. The van der Waals surface area contributed by atoms with Gasteiger partial charge in [-0.25, -0.2) is 4.39 Å². The van der Waals surface area contributed by atoms with E-state index in [2.05, 4.69) is 31.2 Å². The van der Waals surface area contributed by atoms with Gasteiger partial charge in [-0.1, -0.05) is 31.2 Å². The summed E-state index contributed by atoms with van der Waals surface area (Å²) in [6, 6.07) is 9.54. The van der Waals surface area contributed by atoms with Crippen LogP contribution in [0.3, 0.4) is 0 Å². The first-order valence-corrected chi connectivity index (χ1v) is 8.17. The van der Waals surface area contributed by atoms with Crippen LogP contribution >= 0.6 is 0 Å². The van der Waals surface area contributed by atoms with E-state index in [1.54, 1.807) is 12.1 Å². The van der Waals surface area contributed by atoms with E-state index in [-0.39, 0.29) is 5.82 Å². The zero-order valence-electron chi connectivity index (χ0n) is 13.8. The number of fused-ring (bicyclic) bond motifs is 3. The lowest BCUT2D eigenvalue weighted by molar-refractivity contribution is 0.386. The van der Waals surface area contributed by atoms with Gasteiger partial charge in [-0.3, -0.25) is 4.99 Å². The number of benzene rings is 2. The molecule has 0 atom stereocenters. The van der Waals surface area contributed by atoms with Gasteiger partial charge in [-0.05, 0) is 47.4 Å². The smallest absolute Gasteiger partial charge is 0.165 e. The second-order valence-electron chi connectivity index (χ2n) is 6.00. The van der Waals surface area contributed by atoms with Gasteiger partial charge in [0.05, 0.1) is 18.5 Å². The molecule has 24 heavy (non-hydrogen) atoms. The molecule has 120 valence electrons. The molecule has 2 aliphatic rings. The molecule has 2 aromatic carbocycles. The van der Waals surface area contributed by atoms with Crippen LogP contribution in [0, 0.1) is 5.82 Å². The fourth-order valence-electron chi connectivity index (χ4n) is 3.38. The first kappa shape index (κ1) is 14.9. The Bertz CT molecular complexity index is 922. The molecule has 1 aliphatic heterocycles. The van der Waals surface area contributed by atoms with E-state index in [1.165, 1.54) is 12.7 Å². The van der Waals surface area contributed by atoms with Gasteiger partial charge < -0.3 is 4.74 Å². The predicted molar refractivity (Wildman–Crippen MR) is 96.6 cm³/mol. The molecule has 3 heteroatoms. The standard InChI is InChI=1S/C21H18FNO/c1-3-13-11-21(24-2)18(22)12-16(13)14-8-9-20-17(10-14)15-6-4-5-7-19(15)23-20/h4-6,8-12H,3,7H2,1-2H3. The minimum Gasteiger partial charge on any atom is -0.494 e. The Kier molecular flexibility index (Phi) is 3.57. The minimum atomic E-state index is -0.332. The summed E-state index contributed by atoms with van der Waals surface area (Å²) in [5.41, 5.74) is 7.42. The Morgan fingerprint density at radius 1 is 1.17 bits per heavy atom. The topological polar surface area (TPSA) is 21.6 Å². The normalized spacial score (nSPS) is 14.8. The van der Waals surface area contributed by atoms with Gasteiger partial charge in [-0.2, -0.15) is 0 Å². The van der Waals surface area contributed by atoms with Crippen molar-refractivity contribution in [1.82, 2.24) is 0 Å². The van der Waals surface area contributed by atoms with Crippen LogP contribution < -0.4 is 4.74 Å². The largest absolute Gasteiger partial charge is 0.494 e. The highest BCUT2D eigenvalue weighted by Gasteiger charge is 2.22. The summed E-state index contributed by atoms with van der Waals surface area (Å²) in [7, 11) is 1.49. The summed E-state index contributed by atoms with van der Waals surface area (Å²) in [6.07, 6.45) is 7.97. The number of halogens is 1. The summed E-state index contributed by atoms with van der Waals surface area (Å²) in [5.74, 6) is -0.0375. The molecule has 0 fully saturated rings. The lowest BCUT2D eigenvalue weighted by atomic mass is 9.92. The van der Waals surface area contributed by atoms with E-state index in [0.717, 1.165) is 46.5 Å². The van der Waals surface area contributed by atoms with Crippen LogP contribution in [0.4, 0.5) is 10.1 Å². The highest BCUT2D eigenvalue weighted by molar-refractivity contribution is 6.30. The summed E-state index contributed by atoms with van der Waals surface area (Å²) >= 11 is 0. The quantitative estimate of drug-likeness (QED) is 0.732. The van der Waals surface area contributed by atoms with Crippen LogP contribution in [0.25, 0.3) is 16.7 Å². The lowest BCUT2D eigenvalue weighted by Gasteiger charge is -2.13. The van der Waals surface area contributed by atoms with E-state index in [1.807, 2.05) is 12.1 Å². The van der Waals surface area contributed by atoms with Crippen molar-refractivity contribution in [1.29, 1.82) is 0 Å². The zero-order chi connectivity index (χ0) is 16.7. The number of aryl methyl sites for hydroxylation is 1. The van der Waals surface area contributed by atoms with Crippen molar-refractivity contribution in [3.8, 4) is 16.9 Å². The van der Waals surface area contributed by atoms with Gasteiger partial charge in [0.25, 0.3) is 0 Å². The van der Waals surface area contributed by atoms with Gasteiger partial charge in [0.2, 0.25) is 0 Å². The summed E-state index contributed by atoms with van der Waals surface area (Å²) in [6.45, 7) is 2.07. The first-order chi connectivity index (χ1) is 11.7. The van der Waals surface area contributed by atoms with Crippen molar-refractivity contribution in [2.24, 2.45) is 4.99 Å². The third-order valence-electron chi connectivity index (χ3n) is 4.63. The van der Waals surface area contributed by atoms with Crippen LogP contribution in [0.2, 0.25) is 0 Å². The van der Waals surface area contributed by atoms with Crippen LogP contribution in [-0.4, -0.2) is 12.8 Å². The maximum atomic E-state index is 14.2. The molecule has 0 spiro atoms. The molecule has 0 N–H and O–H groups in total. The van der Waals surface area contributed by atoms with Crippen molar-refractivity contribution in [3.63, 3.8) is 0 Å². The molecule has 0 bridgehead atoms. The van der Waals surface area contributed by atoms with Crippen molar-refractivity contribution >= 4 is 17.0 Å². The molecule has 2 nitrogen and oxygen atoms in total. The van der Waals surface area contributed by atoms with Crippen LogP contribution in [0.1, 0.15) is 24.5 Å². The third-order valence-corrected chi connectivity index (χ3v) is 4.63. The average Bonchev–Trinajstić information content (AvgIpc) is 2.99. The van der Waals surface area contributed by atoms with Gasteiger partial charge in [0.1, 0.15) is 0 Å². The molecule has 4 rings (SSSR count). The molecule has 0 aromatic heterocycles. The average molecular weight is 319 g/mol. The minimum absolute atomic E-state index is 0.294. The molecular weight excluding hydrogens is 301 g/mol. The van der Waals surface area contributed by atoms with Crippen LogP contribution in [0.5, 0.6) is 5.75 Å². The van der Waals surface area contributed by atoms with E-state index in [4.69, 9.17) is 9.73 Å². The summed E-state index contributed by atoms with van der Waals surface area (Å²) < 4.78 is 19.3. The molecule has 2 aromatic rings. The number of ether oxygens (including phenoxy) is 1. The lowest BCUT2D eigenvalue weighted by Crippen LogP contribution is -1.98. The zero-order valence-corrected chi connectivity index (χ0v) is 13.8. The SMILES string of the molecule is CCc1cc(OC)c(F)cc1-c1ccc2c(c1)C1=CC=CCC1=N2. The molecule has 1 aliphatic carbocycles. The molecule has 1 heterocycles. The van der Waals surface area contributed by atoms with E-state index < -0.39 is 0 Å². The molecule has 0 amide bonds. The number of allylic oxidation sites excluding steroid dienone is 4. The van der Waals surface area contributed by atoms with Crippen LogP contribution in [-0.2, 0) is 6.42 Å². The van der Waals surface area contributed by atoms with Gasteiger partial charge in [0.15, 0.2) is 11.6 Å². The monoisotopic (exact) mass is 319 g/mol. The van der Waals surface area contributed by atoms with E-state index in [0.29, 0.717) is 5.75 Å². The summed E-state index contributed by atoms with van der Waals surface area (Å²) in [4.78, 5) is 4.70. The van der Waals surface area contributed by atoms with Gasteiger partial charge in [0, 0.05) is 17.6 Å². The molecular formula is C21H18FNO. The molecule has 0 saturated carbocycles. The van der Waals surface area contributed by atoms with Crippen molar-refractivity contribution in [2.45, 2.75) is 19.8 Å². The number of rotatable bonds is 3. The Morgan fingerprint density at radius 2 is 2.04 bits per heavy atom. The predicted octanol–water partition coefficient (Wildman–Crippen LogP) is 5.49. The molecule has 0 unspecified atom stereocenters. The maximum absolute atomic E-state index is 14.2. The van der Waals surface area contributed by atoms with Crippen molar-refractivity contribution in [3.05, 3.63) is 65.5 Å². The highest BCUT2D eigenvalue weighted by Crippen LogP contribution is 2.40. The fourth-order valence-corrected chi connectivity index (χ4v) is 3.38. The Labute approximate surface area is 141 Å². The molecule has 0 radical (unpaired) electrons. The van der Waals surface area contributed by atoms with E-state index in [9.17, 15) is 4.39 Å². The number of nitrogens with zero attached hydrogens (tertiary/aromatic N) is 1. The first-order valence-electron chi connectivity index (χ1n) is 8.17. The number of methoxy groups -OCH3 is 1. The van der Waals surface area contributed by atoms with Crippen molar-refractivity contribution < 1.29 is 9.13 Å². The number of hydrogen-bond donors (Lipinski definition) is 0. The van der Waals surface area contributed by atoms with E-state index >= 15 is 0 Å². The Hall–Kier alpha value is -2.68. The summed E-state index contributed by atoms with van der Waals surface area (Å²) in [5, 5.41) is 0. The second-order valence-corrected chi connectivity index (χ2v) is 6.00. The molecule has 0 saturated heterocycles. The van der Waals surface area contributed by atoms with Crippen molar-refractivity contribution in [2.75, 3.05) is 7.11 Å². The highest BCUT2D eigenvalue weighted by atomic mass is 19.1. The fraction of sp³-hybridized carbons (Fsp3) is 0.190. The number of aliphatic imine (C=N–C) groups is 1. The third kappa shape index (κ3) is 2.28.